The van der Waals surface area contributed by atoms with Gasteiger partial charge in [0.15, 0.2) is 0 Å². The standard InChI is InChI=1S/C12H24N2O5/c1-4-18-8-6-14(7-9-19-5-2)12(17)13(3)10-11(15)16/h4-10H2,1-3H3,(H,15,16). The van der Waals surface area contributed by atoms with Crippen LogP contribution in [0.15, 0.2) is 0 Å². The zero-order chi connectivity index (χ0) is 14.7. The lowest BCUT2D eigenvalue weighted by Crippen LogP contribution is -2.45. The van der Waals surface area contributed by atoms with Crippen LogP contribution >= 0.6 is 0 Å². The number of likely N-dealkylation sites (N-methyl/N-ethyl adjacent to an activating group) is 1. The Morgan fingerprint density at radius 2 is 1.53 bits per heavy atom. The molecule has 19 heavy (non-hydrogen) atoms. The maximum Gasteiger partial charge on any atom is 0.323 e. The van der Waals surface area contributed by atoms with Gasteiger partial charge in [-0.05, 0) is 13.8 Å². The molecular weight excluding hydrogens is 252 g/mol. The van der Waals surface area contributed by atoms with Gasteiger partial charge < -0.3 is 24.4 Å². The lowest BCUT2D eigenvalue weighted by Gasteiger charge is -2.27. The Bertz CT molecular complexity index is 263. The number of hydrogen-bond acceptors (Lipinski definition) is 4. The summed E-state index contributed by atoms with van der Waals surface area (Å²) in [6.45, 7) is 6.29. The molecule has 0 fully saturated rings. The smallest absolute Gasteiger partial charge is 0.323 e. The molecule has 0 aromatic rings. The van der Waals surface area contributed by atoms with Gasteiger partial charge in [0.2, 0.25) is 0 Å². The molecule has 0 bridgehead atoms. The zero-order valence-corrected chi connectivity index (χ0v) is 11.9. The maximum atomic E-state index is 12.0. The number of hydrogen-bond donors (Lipinski definition) is 1. The molecule has 0 aliphatic rings. The number of carbonyl (C=O) groups excluding carboxylic acids is 1. The van der Waals surface area contributed by atoms with Crippen LogP contribution in [0.4, 0.5) is 4.79 Å². The van der Waals surface area contributed by atoms with Gasteiger partial charge in [-0.1, -0.05) is 0 Å². The topological polar surface area (TPSA) is 79.3 Å². The summed E-state index contributed by atoms with van der Waals surface area (Å²) in [6.07, 6.45) is 0. The first-order chi connectivity index (χ1) is 9.02. The molecule has 0 atom stereocenters. The van der Waals surface area contributed by atoms with E-state index < -0.39 is 5.97 Å². The molecule has 0 aliphatic heterocycles. The number of nitrogens with zero attached hydrogens (tertiary/aromatic N) is 2. The third-order valence-electron chi connectivity index (χ3n) is 2.39. The molecule has 0 heterocycles. The summed E-state index contributed by atoms with van der Waals surface area (Å²) in [5.74, 6) is -1.04. The molecule has 0 saturated carbocycles. The van der Waals surface area contributed by atoms with Crippen LogP contribution in [0, 0.1) is 0 Å². The second-order valence-electron chi connectivity index (χ2n) is 3.91. The van der Waals surface area contributed by atoms with Gasteiger partial charge in [-0.25, -0.2) is 4.79 Å². The Balaban J connectivity index is 4.33. The molecule has 1 N–H and O–H groups in total. The number of carboxylic acids is 1. The minimum Gasteiger partial charge on any atom is -0.480 e. The summed E-state index contributed by atoms with van der Waals surface area (Å²) in [5, 5.41) is 8.68. The van der Waals surface area contributed by atoms with E-state index >= 15 is 0 Å². The molecule has 0 aromatic heterocycles. The quantitative estimate of drug-likeness (QED) is 0.588. The molecule has 2 amide bonds. The van der Waals surface area contributed by atoms with Gasteiger partial charge in [-0.3, -0.25) is 4.79 Å². The van der Waals surface area contributed by atoms with Crippen LogP contribution in [-0.2, 0) is 14.3 Å². The van der Waals surface area contributed by atoms with E-state index in [-0.39, 0.29) is 12.6 Å². The van der Waals surface area contributed by atoms with E-state index in [2.05, 4.69) is 0 Å². The lowest BCUT2D eigenvalue weighted by atomic mass is 10.4. The van der Waals surface area contributed by atoms with Crippen molar-refractivity contribution in [2.24, 2.45) is 0 Å². The highest BCUT2D eigenvalue weighted by Gasteiger charge is 2.19. The Hall–Kier alpha value is -1.34. The van der Waals surface area contributed by atoms with Crippen LogP contribution in [0.1, 0.15) is 13.8 Å². The van der Waals surface area contributed by atoms with Crippen molar-refractivity contribution in [2.45, 2.75) is 13.8 Å². The summed E-state index contributed by atoms with van der Waals surface area (Å²) >= 11 is 0. The normalized spacial score (nSPS) is 10.3. The lowest BCUT2D eigenvalue weighted by molar-refractivity contribution is -0.137. The van der Waals surface area contributed by atoms with E-state index in [4.69, 9.17) is 14.6 Å². The molecule has 0 aliphatic carbocycles. The molecule has 0 rings (SSSR count). The van der Waals surface area contributed by atoms with Gasteiger partial charge in [-0.2, -0.15) is 0 Å². The molecule has 0 aromatic carbocycles. The van der Waals surface area contributed by atoms with Crippen molar-refractivity contribution in [3.63, 3.8) is 0 Å². The fourth-order valence-corrected chi connectivity index (χ4v) is 1.45. The highest BCUT2D eigenvalue weighted by molar-refractivity contribution is 5.79. The molecule has 0 unspecified atom stereocenters. The predicted octanol–water partition coefficient (Wildman–Crippen LogP) is 0.498. The van der Waals surface area contributed by atoms with E-state index in [1.807, 2.05) is 13.8 Å². The number of carboxylic acid groups (broad SMARTS) is 1. The number of aliphatic carboxylic acids is 1. The van der Waals surface area contributed by atoms with Gasteiger partial charge in [0, 0.05) is 33.4 Å². The fourth-order valence-electron chi connectivity index (χ4n) is 1.45. The Morgan fingerprint density at radius 3 is 1.89 bits per heavy atom. The summed E-state index contributed by atoms with van der Waals surface area (Å²) in [4.78, 5) is 25.3. The van der Waals surface area contributed by atoms with Crippen LogP contribution in [-0.4, -0.2) is 80.0 Å². The van der Waals surface area contributed by atoms with Gasteiger partial charge >= 0.3 is 12.0 Å². The zero-order valence-electron chi connectivity index (χ0n) is 11.9. The van der Waals surface area contributed by atoms with Crippen molar-refractivity contribution in [3.8, 4) is 0 Å². The summed E-state index contributed by atoms with van der Waals surface area (Å²) in [6, 6.07) is -0.332. The molecule has 0 spiro atoms. The molecular formula is C12H24N2O5. The average Bonchev–Trinajstić information content (AvgIpc) is 2.35. The molecule has 0 saturated heterocycles. The Morgan fingerprint density at radius 1 is 1.05 bits per heavy atom. The third kappa shape index (κ3) is 8.39. The number of urea groups is 1. The van der Waals surface area contributed by atoms with Crippen LogP contribution < -0.4 is 0 Å². The Kier molecular flexibility index (Phi) is 9.82. The van der Waals surface area contributed by atoms with Gasteiger partial charge in [0.05, 0.1) is 13.2 Å². The number of carbonyl (C=O) groups is 2. The number of rotatable bonds is 10. The van der Waals surface area contributed by atoms with E-state index in [1.54, 1.807) is 0 Å². The first-order valence-electron chi connectivity index (χ1n) is 6.40. The van der Waals surface area contributed by atoms with Crippen LogP contribution in [0.25, 0.3) is 0 Å². The largest absolute Gasteiger partial charge is 0.480 e. The molecule has 0 radical (unpaired) electrons. The molecule has 112 valence electrons. The van der Waals surface area contributed by atoms with Crippen molar-refractivity contribution in [2.75, 3.05) is 53.1 Å². The van der Waals surface area contributed by atoms with Crippen molar-refractivity contribution in [3.05, 3.63) is 0 Å². The van der Waals surface area contributed by atoms with Crippen molar-refractivity contribution >= 4 is 12.0 Å². The Labute approximate surface area is 114 Å². The van der Waals surface area contributed by atoms with Gasteiger partial charge in [0.25, 0.3) is 0 Å². The van der Waals surface area contributed by atoms with E-state index in [0.29, 0.717) is 39.5 Å². The van der Waals surface area contributed by atoms with Crippen molar-refractivity contribution in [1.82, 2.24) is 9.80 Å². The molecule has 7 heteroatoms. The van der Waals surface area contributed by atoms with E-state index in [9.17, 15) is 9.59 Å². The number of amides is 2. The second-order valence-corrected chi connectivity index (χ2v) is 3.91. The van der Waals surface area contributed by atoms with Crippen LogP contribution in [0.5, 0.6) is 0 Å². The van der Waals surface area contributed by atoms with Crippen molar-refractivity contribution in [1.29, 1.82) is 0 Å². The fraction of sp³-hybridized carbons (Fsp3) is 0.833. The predicted molar refractivity (Wildman–Crippen MR) is 70.2 cm³/mol. The average molecular weight is 276 g/mol. The highest BCUT2D eigenvalue weighted by atomic mass is 16.5. The van der Waals surface area contributed by atoms with Crippen LogP contribution in [0.2, 0.25) is 0 Å². The first-order valence-corrected chi connectivity index (χ1v) is 6.40. The summed E-state index contributed by atoms with van der Waals surface area (Å²) in [7, 11) is 1.46. The SMILES string of the molecule is CCOCCN(CCOCC)C(=O)N(C)CC(=O)O. The summed E-state index contributed by atoms with van der Waals surface area (Å²) in [5.41, 5.74) is 0. The third-order valence-corrected chi connectivity index (χ3v) is 2.39. The highest BCUT2D eigenvalue weighted by Crippen LogP contribution is 1.98. The second kappa shape index (κ2) is 10.6. The van der Waals surface area contributed by atoms with Crippen molar-refractivity contribution < 1.29 is 24.2 Å². The van der Waals surface area contributed by atoms with Gasteiger partial charge in [-0.15, -0.1) is 0 Å². The minimum absolute atomic E-state index is 0.321. The van der Waals surface area contributed by atoms with E-state index in [0.717, 1.165) is 0 Å². The first kappa shape index (κ1) is 17.7. The van der Waals surface area contributed by atoms with E-state index in [1.165, 1.54) is 16.8 Å². The van der Waals surface area contributed by atoms with Gasteiger partial charge in [0.1, 0.15) is 6.54 Å². The van der Waals surface area contributed by atoms with Crippen LogP contribution in [0.3, 0.4) is 0 Å². The summed E-state index contributed by atoms with van der Waals surface area (Å²) < 4.78 is 10.4. The number of ether oxygens (including phenoxy) is 2. The minimum atomic E-state index is -1.04. The molecule has 7 nitrogen and oxygen atoms in total. The monoisotopic (exact) mass is 276 g/mol. The maximum absolute atomic E-state index is 12.0.